The van der Waals surface area contributed by atoms with Crippen LogP contribution in [0.5, 0.6) is 0 Å². The van der Waals surface area contributed by atoms with Crippen LogP contribution in [0.4, 0.5) is 5.82 Å². The molecule has 0 aliphatic rings. The van der Waals surface area contributed by atoms with Gasteiger partial charge in [0.15, 0.2) is 0 Å². The quantitative estimate of drug-likeness (QED) is 0.758. The number of hydrogen-bond acceptors (Lipinski definition) is 3. The molecule has 1 N–H and O–H groups in total. The Labute approximate surface area is 149 Å². The minimum absolute atomic E-state index is 0.300. The zero-order chi connectivity index (χ0) is 17.1. The summed E-state index contributed by atoms with van der Waals surface area (Å²) in [4.78, 5) is 16.5. The molecule has 24 heavy (non-hydrogen) atoms. The summed E-state index contributed by atoms with van der Waals surface area (Å²) in [5.41, 5.74) is 1.87. The maximum Gasteiger partial charge on any atom is 0.275 e. The number of aryl methyl sites for hydroxylation is 1. The minimum atomic E-state index is -0.300. The molecule has 122 valence electrons. The van der Waals surface area contributed by atoms with Gasteiger partial charge in [0.05, 0.1) is 12.7 Å². The molecule has 0 fully saturated rings. The number of amides is 1. The van der Waals surface area contributed by atoms with E-state index in [0.29, 0.717) is 28.1 Å². The van der Waals surface area contributed by atoms with Crippen LogP contribution in [0, 0.1) is 6.92 Å². The number of nitrogens with one attached hydrogen (secondary N) is 1. The molecule has 1 aromatic carbocycles. The highest BCUT2D eigenvalue weighted by molar-refractivity contribution is 6.36. The van der Waals surface area contributed by atoms with Crippen LogP contribution in [0.1, 0.15) is 21.7 Å². The van der Waals surface area contributed by atoms with Crippen LogP contribution in [0.2, 0.25) is 10.0 Å². The van der Waals surface area contributed by atoms with Crippen LogP contribution in [0.25, 0.3) is 0 Å². The molecule has 1 amide bonds. The van der Waals surface area contributed by atoms with Crippen molar-refractivity contribution in [3.05, 3.63) is 75.7 Å². The summed E-state index contributed by atoms with van der Waals surface area (Å²) in [5.74, 6) is 0.241. The largest absolute Gasteiger partial charge is 0.305 e. The Morgan fingerprint density at radius 3 is 2.54 bits per heavy atom. The third-order valence-electron chi connectivity index (χ3n) is 3.45. The molecule has 0 spiro atoms. The van der Waals surface area contributed by atoms with E-state index in [2.05, 4.69) is 15.4 Å². The molecule has 0 radical (unpaired) electrons. The van der Waals surface area contributed by atoms with Crippen molar-refractivity contribution in [1.82, 2.24) is 14.8 Å². The first kappa shape index (κ1) is 16.5. The van der Waals surface area contributed by atoms with Gasteiger partial charge in [-0.1, -0.05) is 35.3 Å². The highest BCUT2D eigenvalue weighted by Crippen LogP contribution is 2.26. The smallest absolute Gasteiger partial charge is 0.275 e. The lowest BCUT2D eigenvalue weighted by molar-refractivity contribution is 0.102. The lowest BCUT2D eigenvalue weighted by atomic mass is 10.2. The van der Waals surface area contributed by atoms with E-state index in [1.807, 2.05) is 13.0 Å². The molecular weight excluding hydrogens is 347 g/mol. The molecule has 0 unspecified atom stereocenters. The first-order valence-electron chi connectivity index (χ1n) is 7.24. The molecule has 3 aromatic rings. The van der Waals surface area contributed by atoms with Crippen LogP contribution in [-0.4, -0.2) is 20.7 Å². The number of halogens is 2. The summed E-state index contributed by atoms with van der Waals surface area (Å²) in [6.45, 7) is 2.18. The van der Waals surface area contributed by atoms with Crippen LogP contribution < -0.4 is 5.32 Å². The second kappa shape index (κ2) is 7.03. The Morgan fingerprint density at radius 1 is 1.12 bits per heavy atom. The van der Waals surface area contributed by atoms with Gasteiger partial charge in [0.1, 0.15) is 11.5 Å². The van der Waals surface area contributed by atoms with Gasteiger partial charge in [-0.2, -0.15) is 5.10 Å². The number of hydrogen-bond donors (Lipinski definition) is 1. The van der Waals surface area contributed by atoms with Crippen molar-refractivity contribution < 1.29 is 4.79 Å². The summed E-state index contributed by atoms with van der Waals surface area (Å²) in [6.07, 6.45) is 1.60. The predicted molar refractivity (Wildman–Crippen MR) is 94.7 cm³/mol. The SMILES string of the molecule is Cc1cccc(C(=O)Nc2ccnn2Cc2c(Cl)cccc2Cl)n1. The highest BCUT2D eigenvalue weighted by Gasteiger charge is 2.13. The van der Waals surface area contributed by atoms with Crippen molar-refractivity contribution in [2.75, 3.05) is 5.32 Å². The van der Waals surface area contributed by atoms with Gasteiger partial charge in [0.25, 0.3) is 5.91 Å². The van der Waals surface area contributed by atoms with Crippen LogP contribution in [0.15, 0.2) is 48.7 Å². The fourth-order valence-electron chi connectivity index (χ4n) is 2.25. The molecule has 0 saturated heterocycles. The zero-order valence-electron chi connectivity index (χ0n) is 12.8. The van der Waals surface area contributed by atoms with E-state index >= 15 is 0 Å². The van der Waals surface area contributed by atoms with Crippen LogP contribution in [0.3, 0.4) is 0 Å². The number of nitrogens with zero attached hydrogens (tertiary/aromatic N) is 3. The number of pyridine rings is 1. The van der Waals surface area contributed by atoms with Gasteiger partial charge in [-0.25, -0.2) is 9.67 Å². The number of carbonyl (C=O) groups excluding carboxylic acids is 1. The monoisotopic (exact) mass is 360 g/mol. The summed E-state index contributed by atoms with van der Waals surface area (Å²) < 4.78 is 1.63. The molecule has 0 aliphatic heterocycles. The van der Waals surface area contributed by atoms with E-state index in [1.165, 1.54) is 0 Å². The molecule has 0 bridgehead atoms. The van der Waals surface area contributed by atoms with Crippen molar-refractivity contribution in [2.24, 2.45) is 0 Å². The fourth-order valence-corrected chi connectivity index (χ4v) is 2.76. The fraction of sp³-hybridized carbons (Fsp3) is 0.118. The molecule has 0 aliphatic carbocycles. The average molecular weight is 361 g/mol. The summed E-state index contributed by atoms with van der Waals surface area (Å²) in [5, 5.41) is 8.13. The van der Waals surface area contributed by atoms with Crippen LogP contribution >= 0.6 is 23.2 Å². The van der Waals surface area contributed by atoms with E-state index in [1.54, 1.807) is 47.3 Å². The minimum Gasteiger partial charge on any atom is -0.305 e. The third-order valence-corrected chi connectivity index (χ3v) is 4.16. The van der Waals surface area contributed by atoms with Gasteiger partial charge in [0, 0.05) is 27.4 Å². The van der Waals surface area contributed by atoms with Crippen molar-refractivity contribution in [3.63, 3.8) is 0 Å². The first-order chi connectivity index (χ1) is 11.5. The Balaban J connectivity index is 1.82. The topological polar surface area (TPSA) is 59.8 Å². The van der Waals surface area contributed by atoms with Crippen molar-refractivity contribution in [1.29, 1.82) is 0 Å². The number of rotatable bonds is 4. The first-order valence-corrected chi connectivity index (χ1v) is 8.00. The Kier molecular flexibility index (Phi) is 4.83. The van der Waals surface area contributed by atoms with E-state index in [0.717, 1.165) is 11.3 Å². The molecular formula is C17H14Cl2N4O. The lowest BCUT2D eigenvalue weighted by Gasteiger charge is -2.11. The zero-order valence-corrected chi connectivity index (χ0v) is 14.3. The maximum atomic E-state index is 12.3. The number of anilines is 1. The molecule has 2 aromatic heterocycles. The van der Waals surface area contributed by atoms with E-state index in [-0.39, 0.29) is 5.91 Å². The Hall–Kier alpha value is -2.37. The van der Waals surface area contributed by atoms with Gasteiger partial charge in [0.2, 0.25) is 0 Å². The van der Waals surface area contributed by atoms with Crippen molar-refractivity contribution in [2.45, 2.75) is 13.5 Å². The Bertz CT molecular complexity index is 872. The van der Waals surface area contributed by atoms with E-state index in [4.69, 9.17) is 23.2 Å². The molecule has 2 heterocycles. The molecule has 0 saturated carbocycles. The normalized spacial score (nSPS) is 10.6. The van der Waals surface area contributed by atoms with E-state index < -0.39 is 0 Å². The second-order valence-corrected chi connectivity index (χ2v) is 6.01. The number of aromatic nitrogens is 3. The Morgan fingerprint density at radius 2 is 1.83 bits per heavy atom. The number of benzene rings is 1. The number of carbonyl (C=O) groups is 1. The predicted octanol–water partition coefficient (Wildman–Crippen LogP) is 4.19. The second-order valence-electron chi connectivity index (χ2n) is 5.19. The van der Waals surface area contributed by atoms with Crippen molar-refractivity contribution in [3.8, 4) is 0 Å². The van der Waals surface area contributed by atoms with Gasteiger partial charge in [-0.05, 0) is 31.2 Å². The highest BCUT2D eigenvalue weighted by atomic mass is 35.5. The summed E-state index contributed by atoms with van der Waals surface area (Å²) in [6, 6.07) is 12.3. The van der Waals surface area contributed by atoms with Gasteiger partial charge >= 0.3 is 0 Å². The van der Waals surface area contributed by atoms with Crippen molar-refractivity contribution >= 4 is 34.9 Å². The molecule has 3 rings (SSSR count). The molecule has 0 atom stereocenters. The van der Waals surface area contributed by atoms with E-state index in [9.17, 15) is 4.79 Å². The van der Waals surface area contributed by atoms with Gasteiger partial charge < -0.3 is 5.32 Å². The molecule has 5 nitrogen and oxygen atoms in total. The van der Waals surface area contributed by atoms with Gasteiger partial charge in [-0.15, -0.1) is 0 Å². The third kappa shape index (κ3) is 3.58. The van der Waals surface area contributed by atoms with Gasteiger partial charge in [-0.3, -0.25) is 4.79 Å². The standard InChI is InChI=1S/C17H14Cl2N4O/c1-11-4-2-7-15(21-11)17(24)22-16-8-9-20-23(16)10-12-13(18)5-3-6-14(12)19/h2-9H,10H2,1H3,(H,22,24). The lowest BCUT2D eigenvalue weighted by Crippen LogP contribution is -2.17. The summed E-state index contributed by atoms with van der Waals surface area (Å²) >= 11 is 12.4. The summed E-state index contributed by atoms with van der Waals surface area (Å²) in [7, 11) is 0. The average Bonchev–Trinajstić information content (AvgIpc) is 2.98. The van der Waals surface area contributed by atoms with Crippen LogP contribution in [-0.2, 0) is 6.54 Å². The maximum absolute atomic E-state index is 12.3. The molecule has 7 heteroatoms.